The Morgan fingerprint density at radius 1 is 1.46 bits per heavy atom. The first-order valence-corrected chi connectivity index (χ1v) is 6.25. The Morgan fingerprint density at radius 2 is 2.15 bits per heavy atom. The van der Waals surface area contributed by atoms with E-state index in [0.717, 1.165) is 18.8 Å². The Morgan fingerprint density at radius 3 is 2.69 bits per heavy atom. The van der Waals surface area contributed by atoms with Crippen molar-refractivity contribution < 1.29 is 4.79 Å². The van der Waals surface area contributed by atoms with Gasteiger partial charge in [0.2, 0.25) is 5.91 Å². The number of amides is 1. The van der Waals surface area contributed by atoms with E-state index in [4.69, 9.17) is 0 Å². The minimum Gasteiger partial charge on any atom is -0.351 e. The third-order valence-electron chi connectivity index (χ3n) is 3.42. The quantitative estimate of drug-likeness (QED) is 0.697. The molecular weight excluding hydrogens is 182 g/mol. The van der Waals surface area contributed by atoms with Crippen LogP contribution in [0.15, 0.2) is 0 Å². The SMILES string of the molecule is CC1(C2CCSCC2)CCC(=O)N1. The molecule has 2 heterocycles. The zero-order chi connectivity index (χ0) is 9.31. The molecule has 74 valence electrons. The number of hydrogen-bond donors (Lipinski definition) is 1. The molecule has 1 atom stereocenters. The Labute approximate surface area is 83.8 Å². The lowest BCUT2D eigenvalue weighted by Crippen LogP contribution is -2.46. The van der Waals surface area contributed by atoms with Crippen LogP contribution in [0.5, 0.6) is 0 Å². The van der Waals surface area contributed by atoms with Gasteiger partial charge in [0, 0.05) is 12.0 Å². The van der Waals surface area contributed by atoms with Crippen LogP contribution in [0.4, 0.5) is 0 Å². The molecule has 0 aromatic rings. The molecule has 1 amide bonds. The van der Waals surface area contributed by atoms with Crippen LogP contribution in [0.1, 0.15) is 32.6 Å². The van der Waals surface area contributed by atoms with Gasteiger partial charge in [-0.1, -0.05) is 0 Å². The molecule has 0 radical (unpaired) electrons. The summed E-state index contributed by atoms with van der Waals surface area (Å²) >= 11 is 2.04. The lowest BCUT2D eigenvalue weighted by atomic mass is 9.80. The fourth-order valence-electron chi connectivity index (χ4n) is 2.46. The lowest BCUT2D eigenvalue weighted by molar-refractivity contribution is -0.120. The van der Waals surface area contributed by atoms with Crippen LogP contribution >= 0.6 is 11.8 Å². The van der Waals surface area contributed by atoms with Crippen molar-refractivity contribution in [2.45, 2.75) is 38.1 Å². The maximum absolute atomic E-state index is 11.2. The Balaban J connectivity index is 2.01. The molecule has 2 nitrogen and oxygen atoms in total. The summed E-state index contributed by atoms with van der Waals surface area (Å²) in [6, 6.07) is 0. The third-order valence-corrected chi connectivity index (χ3v) is 4.47. The first-order chi connectivity index (χ1) is 6.21. The molecule has 13 heavy (non-hydrogen) atoms. The van der Waals surface area contributed by atoms with Crippen molar-refractivity contribution in [1.29, 1.82) is 0 Å². The summed E-state index contributed by atoms with van der Waals surface area (Å²) < 4.78 is 0. The second-order valence-corrected chi connectivity index (χ2v) is 5.58. The van der Waals surface area contributed by atoms with Gasteiger partial charge in [0.1, 0.15) is 0 Å². The van der Waals surface area contributed by atoms with E-state index in [9.17, 15) is 4.79 Å². The molecule has 2 aliphatic heterocycles. The summed E-state index contributed by atoms with van der Waals surface area (Å²) in [5.41, 5.74) is 0.123. The smallest absolute Gasteiger partial charge is 0.220 e. The second-order valence-electron chi connectivity index (χ2n) is 4.35. The number of hydrogen-bond acceptors (Lipinski definition) is 2. The van der Waals surface area contributed by atoms with Gasteiger partial charge in [-0.15, -0.1) is 0 Å². The van der Waals surface area contributed by atoms with Crippen molar-refractivity contribution in [2.75, 3.05) is 11.5 Å². The highest BCUT2D eigenvalue weighted by Crippen LogP contribution is 2.36. The van der Waals surface area contributed by atoms with Gasteiger partial charge in [-0.25, -0.2) is 0 Å². The highest BCUT2D eigenvalue weighted by Gasteiger charge is 2.40. The molecule has 2 aliphatic rings. The van der Waals surface area contributed by atoms with Crippen LogP contribution in [0.2, 0.25) is 0 Å². The van der Waals surface area contributed by atoms with E-state index in [1.807, 2.05) is 11.8 Å². The topological polar surface area (TPSA) is 29.1 Å². The molecule has 0 saturated carbocycles. The molecule has 2 fully saturated rings. The monoisotopic (exact) mass is 199 g/mol. The average molecular weight is 199 g/mol. The van der Waals surface area contributed by atoms with Crippen LogP contribution in [0.3, 0.4) is 0 Å². The van der Waals surface area contributed by atoms with Gasteiger partial charge in [-0.3, -0.25) is 4.79 Å². The molecule has 3 heteroatoms. The first kappa shape index (κ1) is 9.38. The van der Waals surface area contributed by atoms with Crippen molar-refractivity contribution in [2.24, 2.45) is 5.92 Å². The minimum atomic E-state index is 0.123. The van der Waals surface area contributed by atoms with E-state index in [2.05, 4.69) is 12.2 Å². The predicted molar refractivity (Wildman–Crippen MR) is 55.8 cm³/mol. The Hall–Kier alpha value is -0.180. The van der Waals surface area contributed by atoms with E-state index in [0.29, 0.717) is 0 Å². The zero-order valence-corrected chi connectivity index (χ0v) is 8.95. The fraction of sp³-hybridized carbons (Fsp3) is 0.900. The minimum absolute atomic E-state index is 0.123. The van der Waals surface area contributed by atoms with Crippen molar-refractivity contribution in [3.8, 4) is 0 Å². The number of thioether (sulfide) groups is 1. The largest absolute Gasteiger partial charge is 0.351 e. The zero-order valence-electron chi connectivity index (χ0n) is 8.14. The lowest BCUT2D eigenvalue weighted by Gasteiger charge is -2.36. The van der Waals surface area contributed by atoms with Crippen molar-refractivity contribution in [3.05, 3.63) is 0 Å². The van der Waals surface area contributed by atoms with Gasteiger partial charge in [-0.2, -0.15) is 11.8 Å². The van der Waals surface area contributed by atoms with Crippen molar-refractivity contribution >= 4 is 17.7 Å². The summed E-state index contributed by atoms with van der Waals surface area (Å²) in [6.45, 7) is 2.22. The highest BCUT2D eigenvalue weighted by molar-refractivity contribution is 7.99. The average Bonchev–Trinajstić information content (AvgIpc) is 2.49. The third kappa shape index (κ3) is 1.85. The van der Waals surface area contributed by atoms with Gasteiger partial charge >= 0.3 is 0 Å². The van der Waals surface area contributed by atoms with Gasteiger partial charge in [0.05, 0.1) is 0 Å². The van der Waals surface area contributed by atoms with E-state index in [1.54, 1.807) is 0 Å². The van der Waals surface area contributed by atoms with E-state index in [-0.39, 0.29) is 11.4 Å². The summed E-state index contributed by atoms with van der Waals surface area (Å²) in [5.74, 6) is 3.52. The number of carbonyl (C=O) groups excluding carboxylic acids is 1. The Bertz CT molecular complexity index is 213. The fourth-order valence-corrected chi connectivity index (χ4v) is 3.56. The maximum atomic E-state index is 11.2. The van der Waals surface area contributed by atoms with Gasteiger partial charge in [0.25, 0.3) is 0 Å². The predicted octanol–water partition coefficient (Wildman–Crippen LogP) is 1.80. The molecule has 0 aromatic carbocycles. The van der Waals surface area contributed by atoms with Gasteiger partial charge in [0.15, 0.2) is 0 Å². The standard InChI is InChI=1S/C10H17NOS/c1-10(5-2-9(12)11-10)8-3-6-13-7-4-8/h8H,2-7H2,1H3,(H,11,12). The molecule has 2 rings (SSSR count). The summed E-state index contributed by atoms with van der Waals surface area (Å²) in [4.78, 5) is 11.2. The normalized spacial score (nSPS) is 36.2. The van der Waals surface area contributed by atoms with E-state index in [1.165, 1.54) is 24.3 Å². The number of rotatable bonds is 1. The molecule has 0 bridgehead atoms. The van der Waals surface area contributed by atoms with Crippen LogP contribution in [0, 0.1) is 5.92 Å². The number of nitrogens with one attached hydrogen (secondary N) is 1. The van der Waals surface area contributed by atoms with Crippen LogP contribution in [-0.2, 0) is 4.79 Å². The van der Waals surface area contributed by atoms with E-state index < -0.39 is 0 Å². The van der Waals surface area contributed by atoms with Crippen molar-refractivity contribution in [1.82, 2.24) is 5.32 Å². The first-order valence-electron chi connectivity index (χ1n) is 5.09. The molecule has 2 saturated heterocycles. The van der Waals surface area contributed by atoms with Crippen molar-refractivity contribution in [3.63, 3.8) is 0 Å². The highest BCUT2D eigenvalue weighted by atomic mass is 32.2. The van der Waals surface area contributed by atoms with Crippen LogP contribution in [0.25, 0.3) is 0 Å². The number of carbonyl (C=O) groups is 1. The molecule has 0 aliphatic carbocycles. The van der Waals surface area contributed by atoms with Gasteiger partial charge < -0.3 is 5.32 Å². The molecule has 0 spiro atoms. The summed E-state index contributed by atoms with van der Waals surface area (Å²) in [7, 11) is 0. The van der Waals surface area contributed by atoms with Gasteiger partial charge in [-0.05, 0) is 43.6 Å². The summed E-state index contributed by atoms with van der Waals surface area (Å²) in [5, 5.41) is 3.15. The molecule has 1 unspecified atom stereocenters. The van der Waals surface area contributed by atoms with Crippen LogP contribution in [-0.4, -0.2) is 23.0 Å². The maximum Gasteiger partial charge on any atom is 0.220 e. The molecule has 1 N–H and O–H groups in total. The second kappa shape index (κ2) is 3.52. The Kier molecular flexibility index (Phi) is 2.54. The van der Waals surface area contributed by atoms with Crippen LogP contribution < -0.4 is 5.32 Å². The molecular formula is C10H17NOS. The summed E-state index contributed by atoms with van der Waals surface area (Å²) in [6.07, 6.45) is 4.34. The molecule has 0 aromatic heterocycles. The van der Waals surface area contributed by atoms with E-state index >= 15 is 0 Å².